The number of aromatic nitrogens is 1. The number of unbranched alkanes of at least 4 members (excludes halogenated alkanes) is 3. The molecule has 2 amide bonds. The highest BCUT2D eigenvalue weighted by atomic mass is 16.2. The van der Waals surface area contributed by atoms with E-state index in [1.165, 1.54) is 12.8 Å². The van der Waals surface area contributed by atoms with Gasteiger partial charge in [0.15, 0.2) is 0 Å². The SMILES string of the molecule is CCCCCCNC(=O)C1CCCN(C(=O)c2ccc3ccccc3n2)C1. The summed E-state index contributed by atoms with van der Waals surface area (Å²) in [5.41, 5.74) is 1.27. The number of amides is 2. The van der Waals surface area contributed by atoms with Gasteiger partial charge < -0.3 is 10.2 Å². The van der Waals surface area contributed by atoms with Crippen LogP contribution >= 0.6 is 0 Å². The van der Waals surface area contributed by atoms with Gasteiger partial charge in [-0.25, -0.2) is 4.98 Å². The van der Waals surface area contributed by atoms with E-state index in [2.05, 4.69) is 17.2 Å². The minimum Gasteiger partial charge on any atom is -0.356 e. The molecule has 1 aromatic heterocycles. The summed E-state index contributed by atoms with van der Waals surface area (Å²) in [4.78, 5) is 31.6. The Bertz CT molecular complexity index is 790. The predicted molar refractivity (Wildman–Crippen MR) is 108 cm³/mol. The summed E-state index contributed by atoms with van der Waals surface area (Å²) in [6.07, 6.45) is 6.27. The van der Waals surface area contributed by atoms with Crippen molar-refractivity contribution in [3.63, 3.8) is 0 Å². The largest absolute Gasteiger partial charge is 0.356 e. The van der Waals surface area contributed by atoms with Crippen molar-refractivity contribution in [2.75, 3.05) is 19.6 Å². The normalized spacial score (nSPS) is 17.1. The second-order valence-corrected chi connectivity index (χ2v) is 7.33. The van der Waals surface area contributed by atoms with Crippen molar-refractivity contribution < 1.29 is 9.59 Å². The van der Waals surface area contributed by atoms with Crippen LogP contribution in [0.25, 0.3) is 10.9 Å². The number of hydrogen-bond acceptors (Lipinski definition) is 3. The summed E-state index contributed by atoms with van der Waals surface area (Å²) in [6.45, 7) is 4.08. The Morgan fingerprint density at radius 1 is 1.15 bits per heavy atom. The van der Waals surface area contributed by atoms with Crippen LogP contribution in [0.3, 0.4) is 0 Å². The molecule has 5 nitrogen and oxygen atoms in total. The first-order valence-corrected chi connectivity index (χ1v) is 10.1. The number of piperidine rings is 1. The van der Waals surface area contributed by atoms with E-state index < -0.39 is 0 Å². The monoisotopic (exact) mass is 367 g/mol. The van der Waals surface area contributed by atoms with Crippen molar-refractivity contribution >= 4 is 22.7 Å². The van der Waals surface area contributed by atoms with E-state index in [1.54, 1.807) is 11.0 Å². The molecule has 1 aliphatic rings. The molecule has 3 rings (SSSR count). The lowest BCUT2D eigenvalue weighted by Gasteiger charge is -2.32. The Labute approximate surface area is 161 Å². The molecule has 27 heavy (non-hydrogen) atoms. The molecule has 1 saturated heterocycles. The van der Waals surface area contributed by atoms with Crippen LogP contribution in [0.2, 0.25) is 0 Å². The Morgan fingerprint density at radius 3 is 2.85 bits per heavy atom. The van der Waals surface area contributed by atoms with Crippen LogP contribution in [0.5, 0.6) is 0 Å². The number of likely N-dealkylation sites (tertiary alicyclic amines) is 1. The number of carbonyl (C=O) groups excluding carboxylic acids is 2. The lowest BCUT2D eigenvalue weighted by Crippen LogP contribution is -2.45. The Morgan fingerprint density at radius 2 is 2.00 bits per heavy atom. The fourth-order valence-corrected chi connectivity index (χ4v) is 3.63. The van der Waals surface area contributed by atoms with Crippen LogP contribution < -0.4 is 5.32 Å². The van der Waals surface area contributed by atoms with E-state index in [9.17, 15) is 9.59 Å². The molecule has 1 aromatic carbocycles. The number of rotatable bonds is 7. The first-order chi connectivity index (χ1) is 13.2. The molecule has 0 spiro atoms. The molecule has 1 atom stereocenters. The zero-order valence-corrected chi connectivity index (χ0v) is 16.1. The summed E-state index contributed by atoms with van der Waals surface area (Å²) in [7, 11) is 0. The molecule has 0 aliphatic carbocycles. The zero-order valence-electron chi connectivity index (χ0n) is 16.1. The number of fused-ring (bicyclic) bond motifs is 1. The summed E-state index contributed by atoms with van der Waals surface area (Å²) >= 11 is 0. The number of hydrogen-bond donors (Lipinski definition) is 1. The standard InChI is InChI=1S/C22H29N3O2/c1-2-3-4-7-14-23-21(26)18-10-8-15-25(16-18)22(27)20-13-12-17-9-5-6-11-19(17)24-20/h5-6,9,11-13,18H,2-4,7-8,10,14-16H2,1H3,(H,23,26). The molecule has 1 aliphatic heterocycles. The summed E-state index contributed by atoms with van der Waals surface area (Å²) in [5.74, 6) is -0.119. The topological polar surface area (TPSA) is 62.3 Å². The van der Waals surface area contributed by atoms with Crippen LogP contribution in [-0.4, -0.2) is 41.3 Å². The molecular weight excluding hydrogens is 338 g/mol. The third-order valence-corrected chi connectivity index (χ3v) is 5.23. The fourth-order valence-electron chi connectivity index (χ4n) is 3.63. The maximum atomic E-state index is 12.9. The van der Waals surface area contributed by atoms with Gasteiger partial charge >= 0.3 is 0 Å². The number of benzene rings is 1. The molecule has 1 unspecified atom stereocenters. The van der Waals surface area contributed by atoms with Crippen LogP contribution in [0.4, 0.5) is 0 Å². The second-order valence-electron chi connectivity index (χ2n) is 7.33. The highest BCUT2D eigenvalue weighted by Crippen LogP contribution is 2.20. The van der Waals surface area contributed by atoms with Crippen molar-refractivity contribution in [2.45, 2.75) is 45.4 Å². The van der Waals surface area contributed by atoms with Gasteiger partial charge in [0.25, 0.3) is 5.91 Å². The van der Waals surface area contributed by atoms with Gasteiger partial charge in [0.1, 0.15) is 5.69 Å². The molecule has 2 heterocycles. The molecular formula is C22H29N3O2. The van der Waals surface area contributed by atoms with Crippen molar-refractivity contribution in [1.82, 2.24) is 15.2 Å². The number of pyridine rings is 1. The first kappa shape index (κ1) is 19.3. The minimum absolute atomic E-state index is 0.0791. The van der Waals surface area contributed by atoms with Gasteiger partial charge in [0, 0.05) is 25.0 Å². The molecule has 2 aromatic rings. The van der Waals surface area contributed by atoms with Gasteiger partial charge in [-0.3, -0.25) is 9.59 Å². The van der Waals surface area contributed by atoms with Crippen molar-refractivity contribution in [3.8, 4) is 0 Å². The summed E-state index contributed by atoms with van der Waals surface area (Å²) in [6, 6.07) is 11.5. The van der Waals surface area contributed by atoms with Crippen LogP contribution in [0, 0.1) is 5.92 Å². The molecule has 0 saturated carbocycles. The van der Waals surface area contributed by atoms with Crippen molar-refractivity contribution in [3.05, 3.63) is 42.1 Å². The fraction of sp³-hybridized carbons (Fsp3) is 0.500. The number of carbonyl (C=O) groups is 2. The van der Waals surface area contributed by atoms with E-state index in [0.717, 1.165) is 43.1 Å². The zero-order chi connectivity index (χ0) is 19.1. The second kappa shape index (κ2) is 9.49. The van der Waals surface area contributed by atoms with Gasteiger partial charge in [-0.1, -0.05) is 50.5 Å². The summed E-state index contributed by atoms with van der Waals surface area (Å²) in [5, 5.41) is 4.06. The average molecular weight is 367 g/mol. The van der Waals surface area contributed by atoms with E-state index >= 15 is 0 Å². The smallest absolute Gasteiger partial charge is 0.272 e. The Hall–Kier alpha value is -2.43. The maximum Gasteiger partial charge on any atom is 0.272 e. The van der Waals surface area contributed by atoms with E-state index in [4.69, 9.17) is 0 Å². The molecule has 1 N–H and O–H groups in total. The van der Waals surface area contributed by atoms with E-state index in [1.807, 2.05) is 30.3 Å². The van der Waals surface area contributed by atoms with Gasteiger partial charge in [-0.15, -0.1) is 0 Å². The van der Waals surface area contributed by atoms with Gasteiger partial charge in [-0.05, 0) is 31.4 Å². The predicted octanol–water partition coefficient (Wildman–Crippen LogP) is 3.78. The molecule has 1 fully saturated rings. The molecule has 0 radical (unpaired) electrons. The molecule has 144 valence electrons. The lowest BCUT2D eigenvalue weighted by molar-refractivity contribution is -0.126. The van der Waals surface area contributed by atoms with Crippen molar-refractivity contribution in [2.24, 2.45) is 5.92 Å². The average Bonchev–Trinajstić information content (AvgIpc) is 2.72. The van der Waals surface area contributed by atoms with Gasteiger partial charge in [0.2, 0.25) is 5.91 Å². The number of para-hydroxylation sites is 1. The van der Waals surface area contributed by atoms with Crippen LogP contribution in [0.15, 0.2) is 36.4 Å². The highest BCUT2D eigenvalue weighted by Gasteiger charge is 2.29. The quantitative estimate of drug-likeness (QED) is 0.758. The van der Waals surface area contributed by atoms with E-state index in [-0.39, 0.29) is 17.7 Å². The minimum atomic E-state index is -0.116. The lowest BCUT2D eigenvalue weighted by atomic mass is 9.96. The van der Waals surface area contributed by atoms with Crippen molar-refractivity contribution in [1.29, 1.82) is 0 Å². The van der Waals surface area contributed by atoms with Gasteiger partial charge in [-0.2, -0.15) is 0 Å². The number of nitrogens with one attached hydrogen (secondary N) is 1. The maximum absolute atomic E-state index is 12.9. The van der Waals surface area contributed by atoms with Crippen LogP contribution in [0.1, 0.15) is 55.9 Å². The summed E-state index contributed by atoms with van der Waals surface area (Å²) < 4.78 is 0. The molecule has 0 bridgehead atoms. The first-order valence-electron chi connectivity index (χ1n) is 10.1. The third-order valence-electron chi connectivity index (χ3n) is 5.23. The third kappa shape index (κ3) is 5.06. The highest BCUT2D eigenvalue weighted by molar-refractivity contribution is 5.95. The van der Waals surface area contributed by atoms with Gasteiger partial charge in [0.05, 0.1) is 11.4 Å². The molecule has 5 heteroatoms. The Balaban J connectivity index is 1.57. The Kier molecular flexibility index (Phi) is 6.80. The van der Waals surface area contributed by atoms with Crippen LogP contribution in [-0.2, 0) is 4.79 Å². The van der Waals surface area contributed by atoms with E-state index in [0.29, 0.717) is 18.8 Å². The number of nitrogens with zero attached hydrogens (tertiary/aromatic N) is 2.